The van der Waals surface area contributed by atoms with Crippen LogP contribution in [0.4, 0.5) is 5.69 Å². The van der Waals surface area contributed by atoms with Crippen LogP contribution in [-0.2, 0) is 4.79 Å². The molecule has 1 aliphatic carbocycles. The van der Waals surface area contributed by atoms with Crippen LogP contribution >= 0.6 is 11.6 Å². The summed E-state index contributed by atoms with van der Waals surface area (Å²) < 4.78 is 0. The van der Waals surface area contributed by atoms with Gasteiger partial charge in [0.25, 0.3) is 5.91 Å². The van der Waals surface area contributed by atoms with E-state index < -0.39 is 0 Å². The van der Waals surface area contributed by atoms with Crippen molar-refractivity contribution in [1.82, 2.24) is 5.32 Å². The van der Waals surface area contributed by atoms with Crippen LogP contribution in [0.3, 0.4) is 0 Å². The van der Waals surface area contributed by atoms with Crippen LogP contribution in [0.15, 0.2) is 35.5 Å². The standard InChI is InChI=1S/C12H12BClN2O/c13-8-1-3-10(4-2-8)16-12(17)7-11(14)15-9-5-6-9/h1-4,7,9,15H,5-6H2,(H,16,17)/b11-7-. The molecule has 5 heteroatoms. The average molecular weight is 247 g/mol. The first-order valence-electron chi connectivity index (χ1n) is 5.44. The Labute approximate surface area is 107 Å². The van der Waals surface area contributed by atoms with E-state index in [1.165, 1.54) is 6.08 Å². The van der Waals surface area contributed by atoms with Crippen LogP contribution in [0, 0.1) is 0 Å². The highest BCUT2D eigenvalue weighted by Gasteiger charge is 2.21. The van der Waals surface area contributed by atoms with Crippen molar-refractivity contribution in [2.45, 2.75) is 18.9 Å². The van der Waals surface area contributed by atoms with Gasteiger partial charge in [0.1, 0.15) is 13.0 Å². The molecule has 1 fully saturated rings. The first kappa shape index (κ1) is 12.1. The number of carbonyl (C=O) groups is 1. The average Bonchev–Trinajstić information content (AvgIpc) is 3.05. The maximum atomic E-state index is 11.6. The van der Waals surface area contributed by atoms with E-state index in [0.717, 1.165) is 12.8 Å². The zero-order valence-corrected chi connectivity index (χ0v) is 10.00. The van der Waals surface area contributed by atoms with Crippen LogP contribution in [0.25, 0.3) is 0 Å². The van der Waals surface area contributed by atoms with E-state index in [2.05, 4.69) is 10.6 Å². The number of halogens is 1. The Kier molecular flexibility index (Phi) is 3.74. The van der Waals surface area contributed by atoms with Crippen LogP contribution in [0.5, 0.6) is 0 Å². The van der Waals surface area contributed by atoms with Gasteiger partial charge in [-0.05, 0) is 25.0 Å². The predicted molar refractivity (Wildman–Crippen MR) is 70.6 cm³/mol. The fraction of sp³-hybridized carbons (Fsp3) is 0.250. The molecule has 86 valence electrons. The molecule has 1 saturated carbocycles. The molecular weight excluding hydrogens is 234 g/mol. The summed E-state index contributed by atoms with van der Waals surface area (Å²) in [6.07, 6.45) is 3.57. The number of anilines is 1. The van der Waals surface area contributed by atoms with Gasteiger partial charge in [-0.1, -0.05) is 29.2 Å². The quantitative estimate of drug-likeness (QED) is 0.477. The lowest BCUT2D eigenvalue weighted by Crippen LogP contribution is -2.16. The SMILES string of the molecule is [B]c1ccc(NC(=O)/C=C(/Cl)NC2CC2)cc1. The fourth-order valence-electron chi connectivity index (χ4n) is 1.32. The zero-order valence-electron chi connectivity index (χ0n) is 9.24. The summed E-state index contributed by atoms with van der Waals surface area (Å²) in [5.74, 6) is -0.257. The number of benzene rings is 1. The molecule has 2 N–H and O–H groups in total. The Balaban J connectivity index is 1.89. The van der Waals surface area contributed by atoms with Gasteiger partial charge in [-0.2, -0.15) is 0 Å². The van der Waals surface area contributed by atoms with E-state index in [4.69, 9.17) is 19.4 Å². The van der Waals surface area contributed by atoms with E-state index in [-0.39, 0.29) is 5.91 Å². The Morgan fingerprint density at radius 2 is 2.00 bits per heavy atom. The highest BCUT2D eigenvalue weighted by molar-refractivity contribution is 6.32. The summed E-state index contributed by atoms with van der Waals surface area (Å²) in [5.41, 5.74) is 1.35. The maximum absolute atomic E-state index is 11.6. The minimum atomic E-state index is -0.257. The van der Waals surface area contributed by atoms with Gasteiger partial charge in [-0.25, -0.2) is 0 Å². The Bertz CT molecular complexity index is 440. The van der Waals surface area contributed by atoms with Gasteiger partial charge in [0.15, 0.2) is 0 Å². The molecule has 1 aromatic rings. The number of carbonyl (C=O) groups excluding carboxylic acids is 1. The Morgan fingerprint density at radius 3 is 2.59 bits per heavy atom. The third-order valence-corrected chi connectivity index (χ3v) is 2.57. The molecule has 1 amide bonds. The van der Waals surface area contributed by atoms with Crippen molar-refractivity contribution in [2.75, 3.05) is 5.32 Å². The molecule has 3 nitrogen and oxygen atoms in total. The molecule has 0 saturated heterocycles. The third kappa shape index (κ3) is 4.15. The summed E-state index contributed by atoms with van der Waals surface area (Å²) >= 11 is 5.87. The molecule has 2 radical (unpaired) electrons. The van der Waals surface area contributed by atoms with Gasteiger partial charge in [-0.15, -0.1) is 0 Å². The normalized spacial score (nSPS) is 15.5. The number of amides is 1. The van der Waals surface area contributed by atoms with E-state index >= 15 is 0 Å². The van der Waals surface area contributed by atoms with Crippen molar-refractivity contribution in [1.29, 1.82) is 0 Å². The number of nitrogens with one attached hydrogen (secondary N) is 2. The molecule has 17 heavy (non-hydrogen) atoms. The summed E-state index contributed by atoms with van der Waals surface area (Å²) in [5, 5.41) is 6.10. The van der Waals surface area contributed by atoms with Crippen molar-refractivity contribution in [3.8, 4) is 0 Å². The van der Waals surface area contributed by atoms with Gasteiger partial charge >= 0.3 is 0 Å². The lowest BCUT2D eigenvalue weighted by molar-refractivity contribution is -0.111. The summed E-state index contributed by atoms with van der Waals surface area (Å²) in [6, 6.07) is 7.36. The second-order valence-electron chi connectivity index (χ2n) is 4.02. The first-order valence-corrected chi connectivity index (χ1v) is 5.81. The first-order chi connectivity index (χ1) is 8.13. The smallest absolute Gasteiger partial charge is 0.251 e. The molecule has 0 heterocycles. The fourth-order valence-corrected chi connectivity index (χ4v) is 1.58. The van der Waals surface area contributed by atoms with Crippen molar-refractivity contribution >= 4 is 36.5 Å². The summed E-state index contributed by atoms with van der Waals surface area (Å²) in [6.45, 7) is 0. The van der Waals surface area contributed by atoms with Crippen LogP contribution < -0.4 is 16.1 Å². The monoisotopic (exact) mass is 246 g/mol. The number of hydrogen-bond donors (Lipinski definition) is 2. The van der Waals surface area contributed by atoms with Crippen molar-refractivity contribution < 1.29 is 4.79 Å². The lowest BCUT2D eigenvalue weighted by Gasteiger charge is -2.04. The Hall–Kier alpha value is -1.42. The van der Waals surface area contributed by atoms with Crippen molar-refractivity contribution in [3.05, 3.63) is 35.5 Å². The molecule has 0 atom stereocenters. The van der Waals surface area contributed by atoms with E-state index in [9.17, 15) is 4.79 Å². The van der Waals surface area contributed by atoms with Gasteiger partial charge in [0.2, 0.25) is 0 Å². The molecule has 2 rings (SSSR count). The van der Waals surface area contributed by atoms with E-state index in [1.54, 1.807) is 24.3 Å². The minimum Gasteiger partial charge on any atom is -0.373 e. The maximum Gasteiger partial charge on any atom is 0.251 e. The number of hydrogen-bond acceptors (Lipinski definition) is 2. The molecule has 0 aromatic heterocycles. The lowest BCUT2D eigenvalue weighted by atomic mass is 9.96. The molecule has 1 aliphatic rings. The Morgan fingerprint density at radius 1 is 1.35 bits per heavy atom. The highest BCUT2D eigenvalue weighted by atomic mass is 35.5. The van der Waals surface area contributed by atoms with E-state index in [0.29, 0.717) is 22.3 Å². The second kappa shape index (κ2) is 5.28. The molecule has 1 aromatic carbocycles. The van der Waals surface area contributed by atoms with Gasteiger partial charge in [0, 0.05) is 17.8 Å². The van der Waals surface area contributed by atoms with Crippen LogP contribution in [0.2, 0.25) is 0 Å². The van der Waals surface area contributed by atoms with Gasteiger partial charge < -0.3 is 10.6 Å². The van der Waals surface area contributed by atoms with Crippen LogP contribution in [0.1, 0.15) is 12.8 Å². The van der Waals surface area contributed by atoms with Crippen molar-refractivity contribution in [2.24, 2.45) is 0 Å². The largest absolute Gasteiger partial charge is 0.373 e. The number of rotatable bonds is 4. The van der Waals surface area contributed by atoms with Gasteiger partial charge in [-0.3, -0.25) is 4.79 Å². The molecule has 0 aliphatic heterocycles. The van der Waals surface area contributed by atoms with Crippen molar-refractivity contribution in [3.63, 3.8) is 0 Å². The molecule has 0 bridgehead atoms. The minimum absolute atomic E-state index is 0.257. The van der Waals surface area contributed by atoms with Crippen LogP contribution in [-0.4, -0.2) is 19.8 Å². The zero-order chi connectivity index (χ0) is 12.3. The topological polar surface area (TPSA) is 41.1 Å². The predicted octanol–water partition coefficient (Wildman–Crippen LogP) is 1.25. The molecule has 0 unspecified atom stereocenters. The third-order valence-electron chi connectivity index (χ3n) is 2.36. The van der Waals surface area contributed by atoms with Gasteiger partial charge in [0.05, 0.1) is 0 Å². The highest BCUT2D eigenvalue weighted by Crippen LogP contribution is 2.21. The summed E-state index contributed by atoms with van der Waals surface area (Å²) in [7, 11) is 5.54. The summed E-state index contributed by atoms with van der Waals surface area (Å²) in [4.78, 5) is 11.6. The molecular formula is C12H12BClN2O. The second-order valence-corrected chi connectivity index (χ2v) is 4.43. The van der Waals surface area contributed by atoms with E-state index in [1.807, 2.05) is 0 Å². The molecule has 0 spiro atoms.